The van der Waals surface area contributed by atoms with Gasteiger partial charge in [-0.3, -0.25) is 10.1 Å². The number of rotatable bonds is 5. The first-order chi connectivity index (χ1) is 9.13. The predicted molar refractivity (Wildman–Crippen MR) is 77.9 cm³/mol. The summed E-state index contributed by atoms with van der Waals surface area (Å²) in [4.78, 5) is 13.0. The van der Waals surface area contributed by atoms with E-state index in [-0.39, 0.29) is 10.6 Å². The van der Waals surface area contributed by atoms with Crippen molar-refractivity contribution in [2.45, 2.75) is 25.7 Å². The van der Waals surface area contributed by atoms with Crippen molar-refractivity contribution in [3.63, 3.8) is 0 Å². The molecule has 1 aromatic carbocycles. The number of hydrogen-bond acceptors (Lipinski definition) is 4. The zero-order valence-corrected chi connectivity index (χ0v) is 11.6. The summed E-state index contributed by atoms with van der Waals surface area (Å²) >= 11 is 0. The number of nitrogens with one attached hydrogen (secondary N) is 1. The third-order valence-corrected chi connectivity index (χ3v) is 3.88. The van der Waals surface area contributed by atoms with Crippen LogP contribution in [0.1, 0.15) is 25.7 Å². The Morgan fingerprint density at radius 3 is 2.68 bits per heavy atom. The lowest BCUT2D eigenvalue weighted by atomic mass is 10.1. The van der Waals surface area contributed by atoms with Crippen LogP contribution in [0.4, 0.5) is 17.1 Å². The van der Waals surface area contributed by atoms with Crippen molar-refractivity contribution in [1.29, 1.82) is 0 Å². The van der Waals surface area contributed by atoms with Gasteiger partial charge in [-0.2, -0.15) is 0 Å². The summed E-state index contributed by atoms with van der Waals surface area (Å²) in [6, 6.07) is 5.43. The molecule has 5 nitrogen and oxygen atoms in total. The lowest BCUT2D eigenvalue weighted by Gasteiger charge is -2.23. The van der Waals surface area contributed by atoms with Crippen molar-refractivity contribution < 1.29 is 4.92 Å². The highest BCUT2D eigenvalue weighted by Gasteiger charge is 2.24. The van der Waals surface area contributed by atoms with Gasteiger partial charge in [0.05, 0.1) is 4.92 Å². The molecule has 1 aliphatic carbocycles. The van der Waals surface area contributed by atoms with E-state index in [0.717, 1.165) is 6.54 Å². The van der Waals surface area contributed by atoms with Gasteiger partial charge in [-0.05, 0) is 30.9 Å². The molecule has 0 spiro atoms. The van der Waals surface area contributed by atoms with E-state index in [1.54, 1.807) is 13.1 Å². The molecule has 1 aliphatic rings. The quantitative estimate of drug-likeness (QED) is 0.654. The highest BCUT2D eigenvalue weighted by atomic mass is 16.6. The zero-order chi connectivity index (χ0) is 13.8. The second-order valence-corrected chi connectivity index (χ2v) is 5.21. The first-order valence-electron chi connectivity index (χ1n) is 6.79. The first kappa shape index (κ1) is 13.6. The van der Waals surface area contributed by atoms with Gasteiger partial charge in [0, 0.05) is 20.6 Å². The van der Waals surface area contributed by atoms with Crippen LogP contribution >= 0.6 is 0 Å². The van der Waals surface area contributed by atoms with E-state index in [9.17, 15) is 10.1 Å². The molecule has 0 unspecified atom stereocenters. The topological polar surface area (TPSA) is 58.4 Å². The second-order valence-electron chi connectivity index (χ2n) is 5.21. The Morgan fingerprint density at radius 1 is 1.42 bits per heavy atom. The van der Waals surface area contributed by atoms with E-state index in [0.29, 0.717) is 17.3 Å². The smallest absolute Gasteiger partial charge is 0.315 e. The average Bonchev–Trinajstić information content (AvgIpc) is 2.90. The molecule has 0 saturated heterocycles. The molecule has 0 aliphatic heterocycles. The largest absolute Gasteiger partial charge is 0.382 e. The fourth-order valence-corrected chi connectivity index (χ4v) is 2.91. The molecule has 0 radical (unpaired) electrons. The summed E-state index contributed by atoms with van der Waals surface area (Å²) < 4.78 is 0. The van der Waals surface area contributed by atoms with E-state index >= 15 is 0 Å². The number of nitrogens with zero attached hydrogens (tertiary/aromatic N) is 2. The van der Waals surface area contributed by atoms with Crippen molar-refractivity contribution in [2.75, 3.05) is 30.9 Å². The van der Waals surface area contributed by atoms with E-state index in [2.05, 4.69) is 5.32 Å². The highest BCUT2D eigenvalue weighted by molar-refractivity contribution is 5.76. The monoisotopic (exact) mass is 263 g/mol. The van der Waals surface area contributed by atoms with E-state index in [1.807, 2.05) is 24.1 Å². The molecule has 0 bridgehead atoms. The summed E-state index contributed by atoms with van der Waals surface area (Å²) in [6.07, 6.45) is 5.06. The van der Waals surface area contributed by atoms with Gasteiger partial charge in [0.2, 0.25) is 0 Å². The lowest BCUT2D eigenvalue weighted by molar-refractivity contribution is -0.383. The van der Waals surface area contributed by atoms with Gasteiger partial charge in [-0.1, -0.05) is 18.9 Å². The fraction of sp³-hybridized carbons (Fsp3) is 0.571. The molecule has 0 aromatic heterocycles. The van der Waals surface area contributed by atoms with Crippen LogP contribution in [0.5, 0.6) is 0 Å². The van der Waals surface area contributed by atoms with Gasteiger partial charge in [0.1, 0.15) is 11.4 Å². The van der Waals surface area contributed by atoms with Crippen molar-refractivity contribution in [3.05, 3.63) is 28.3 Å². The maximum absolute atomic E-state index is 11.3. The SMILES string of the molecule is CNc1cccc(N(C)CC2CCCC2)c1[N+](=O)[O-]. The molecule has 2 rings (SSSR count). The maximum atomic E-state index is 11.3. The van der Waals surface area contributed by atoms with E-state index in [4.69, 9.17) is 0 Å². The van der Waals surface area contributed by atoms with E-state index in [1.165, 1.54) is 25.7 Å². The Labute approximate surface area is 113 Å². The minimum Gasteiger partial charge on any atom is -0.382 e. The maximum Gasteiger partial charge on any atom is 0.315 e. The minimum absolute atomic E-state index is 0.172. The summed E-state index contributed by atoms with van der Waals surface area (Å²) in [7, 11) is 3.66. The van der Waals surface area contributed by atoms with Crippen LogP contribution in [-0.4, -0.2) is 25.6 Å². The zero-order valence-electron chi connectivity index (χ0n) is 11.6. The molecule has 1 fully saturated rings. The summed E-state index contributed by atoms with van der Waals surface area (Å²) in [5, 5.41) is 14.2. The minimum atomic E-state index is -0.299. The number of para-hydroxylation sites is 1. The average molecular weight is 263 g/mol. The van der Waals surface area contributed by atoms with Gasteiger partial charge < -0.3 is 10.2 Å². The number of hydrogen-bond donors (Lipinski definition) is 1. The first-order valence-corrected chi connectivity index (χ1v) is 6.79. The molecule has 104 valence electrons. The summed E-state index contributed by atoms with van der Waals surface area (Å²) in [6.45, 7) is 0.897. The van der Waals surface area contributed by atoms with Crippen LogP contribution in [0.2, 0.25) is 0 Å². The van der Waals surface area contributed by atoms with Crippen LogP contribution < -0.4 is 10.2 Å². The molecule has 1 N–H and O–H groups in total. The van der Waals surface area contributed by atoms with Crippen LogP contribution in [0.25, 0.3) is 0 Å². The third-order valence-electron chi connectivity index (χ3n) is 3.88. The second kappa shape index (κ2) is 5.91. The molecular weight excluding hydrogens is 242 g/mol. The third kappa shape index (κ3) is 2.97. The number of nitro benzene ring substituents is 1. The van der Waals surface area contributed by atoms with Crippen molar-refractivity contribution in [1.82, 2.24) is 0 Å². The molecule has 5 heteroatoms. The van der Waals surface area contributed by atoms with Crippen molar-refractivity contribution >= 4 is 17.1 Å². The van der Waals surface area contributed by atoms with Crippen LogP contribution in [0, 0.1) is 16.0 Å². The standard InChI is InChI=1S/C14H21N3O2/c1-15-12-8-5-9-13(14(12)17(18)19)16(2)10-11-6-3-4-7-11/h5,8-9,11,15H,3-4,6-7,10H2,1-2H3. The van der Waals surface area contributed by atoms with Gasteiger partial charge >= 0.3 is 5.69 Å². The van der Waals surface area contributed by atoms with Gasteiger partial charge in [0.25, 0.3) is 0 Å². The molecule has 0 atom stereocenters. The highest BCUT2D eigenvalue weighted by Crippen LogP contribution is 2.36. The number of anilines is 2. The molecular formula is C14H21N3O2. The Morgan fingerprint density at radius 2 is 2.11 bits per heavy atom. The fourth-order valence-electron chi connectivity index (χ4n) is 2.91. The Kier molecular flexibility index (Phi) is 4.24. The number of nitro groups is 1. The molecule has 19 heavy (non-hydrogen) atoms. The summed E-state index contributed by atoms with van der Waals surface area (Å²) in [5.41, 5.74) is 1.44. The number of benzene rings is 1. The lowest BCUT2D eigenvalue weighted by Crippen LogP contribution is -2.24. The normalized spacial score (nSPS) is 15.5. The molecule has 0 heterocycles. The molecule has 0 amide bonds. The van der Waals surface area contributed by atoms with Gasteiger partial charge in [0.15, 0.2) is 0 Å². The Balaban J connectivity index is 2.24. The van der Waals surface area contributed by atoms with Crippen LogP contribution in [0.3, 0.4) is 0 Å². The van der Waals surface area contributed by atoms with Crippen LogP contribution in [0.15, 0.2) is 18.2 Å². The Bertz CT molecular complexity index is 456. The molecule has 1 saturated carbocycles. The molecule has 1 aromatic rings. The van der Waals surface area contributed by atoms with Crippen molar-refractivity contribution in [3.8, 4) is 0 Å². The van der Waals surface area contributed by atoms with Gasteiger partial charge in [-0.25, -0.2) is 0 Å². The van der Waals surface area contributed by atoms with Crippen LogP contribution in [-0.2, 0) is 0 Å². The Hall–Kier alpha value is -1.78. The van der Waals surface area contributed by atoms with E-state index < -0.39 is 0 Å². The van der Waals surface area contributed by atoms with Crippen molar-refractivity contribution in [2.24, 2.45) is 5.92 Å². The predicted octanol–water partition coefficient (Wildman–Crippen LogP) is 3.26. The van der Waals surface area contributed by atoms with Gasteiger partial charge in [-0.15, -0.1) is 0 Å². The summed E-state index contributed by atoms with van der Waals surface area (Å²) in [5.74, 6) is 0.669.